The van der Waals surface area contributed by atoms with E-state index in [4.69, 9.17) is 4.74 Å². The first kappa shape index (κ1) is 15.9. The number of rotatable bonds is 3. The molecule has 2 nitrogen and oxygen atoms in total. The summed E-state index contributed by atoms with van der Waals surface area (Å²) in [6.07, 6.45) is 4.81. The molecule has 0 bridgehead atoms. The van der Waals surface area contributed by atoms with E-state index in [0.717, 1.165) is 12.2 Å². The molecule has 0 saturated heterocycles. The van der Waals surface area contributed by atoms with Crippen molar-refractivity contribution in [3.63, 3.8) is 0 Å². The van der Waals surface area contributed by atoms with Crippen molar-refractivity contribution in [3.05, 3.63) is 29.3 Å². The molecule has 1 N–H and O–H groups in total. The molecule has 3 rings (SSSR count). The maximum Gasteiger partial charge on any atom is 0.119 e. The summed E-state index contributed by atoms with van der Waals surface area (Å²) in [7, 11) is 1.74. The lowest BCUT2D eigenvalue weighted by Gasteiger charge is -2.53. The lowest BCUT2D eigenvalue weighted by Crippen LogP contribution is -2.47. The molecule has 1 fully saturated rings. The van der Waals surface area contributed by atoms with E-state index in [9.17, 15) is 5.11 Å². The van der Waals surface area contributed by atoms with Gasteiger partial charge in [0.1, 0.15) is 5.75 Å². The molecule has 0 amide bonds. The van der Waals surface area contributed by atoms with Gasteiger partial charge < -0.3 is 9.84 Å². The number of hydrogen-bond acceptors (Lipinski definition) is 2. The lowest BCUT2D eigenvalue weighted by atomic mass is 9.52. The van der Waals surface area contributed by atoms with Crippen molar-refractivity contribution < 1.29 is 9.84 Å². The molecule has 0 heterocycles. The Bertz CT molecular complexity index is 537. The third kappa shape index (κ3) is 2.36. The largest absolute Gasteiger partial charge is 0.497 e. The van der Waals surface area contributed by atoms with Gasteiger partial charge in [-0.05, 0) is 78.0 Å². The molecule has 1 saturated carbocycles. The minimum absolute atomic E-state index is 0.278. The van der Waals surface area contributed by atoms with Crippen LogP contribution in [0.5, 0.6) is 5.75 Å². The quantitative estimate of drug-likeness (QED) is 0.896. The van der Waals surface area contributed by atoms with Gasteiger partial charge >= 0.3 is 0 Å². The standard InChI is InChI=1S/C20H30O2/c1-13(2)20(3)10-9-17-16-8-6-15(22-4)11-14(16)5-7-18(17)19(20)12-21/h6,8,11,13,17-19,21H,5,7,9-10,12H2,1-4H3. The molecule has 2 aliphatic rings. The van der Waals surface area contributed by atoms with E-state index in [0.29, 0.717) is 30.3 Å². The number of aliphatic hydroxyl groups is 1. The van der Waals surface area contributed by atoms with E-state index in [1.54, 1.807) is 7.11 Å². The molecule has 4 unspecified atom stereocenters. The van der Waals surface area contributed by atoms with Crippen LogP contribution in [0, 0.1) is 23.2 Å². The van der Waals surface area contributed by atoms with E-state index < -0.39 is 0 Å². The normalized spacial score (nSPS) is 34.2. The van der Waals surface area contributed by atoms with Crippen LogP contribution >= 0.6 is 0 Å². The summed E-state index contributed by atoms with van der Waals surface area (Å²) in [5.41, 5.74) is 3.26. The predicted octanol–water partition coefficient (Wildman–Crippen LogP) is 4.41. The van der Waals surface area contributed by atoms with Crippen molar-refractivity contribution in [2.24, 2.45) is 23.2 Å². The minimum Gasteiger partial charge on any atom is -0.497 e. The number of methoxy groups -OCH3 is 1. The van der Waals surface area contributed by atoms with E-state index >= 15 is 0 Å². The Labute approximate surface area is 134 Å². The molecule has 1 aromatic rings. The average molecular weight is 302 g/mol. The molecular formula is C20H30O2. The Morgan fingerprint density at radius 3 is 2.73 bits per heavy atom. The predicted molar refractivity (Wildman–Crippen MR) is 90.3 cm³/mol. The average Bonchev–Trinajstić information content (AvgIpc) is 2.53. The first-order valence-corrected chi connectivity index (χ1v) is 8.79. The van der Waals surface area contributed by atoms with Crippen molar-refractivity contribution in [3.8, 4) is 5.75 Å². The van der Waals surface area contributed by atoms with Gasteiger partial charge in [0.25, 0.3) is 0 Å². The maximum absolute atomic E-state index is 10.1. The number of ether oxygens (including phenoxy) is 1. The van der Waals surface area contributed by atoms with E-state index in [1.165, 1.54) is 30.4 Å². The van der Waals surface area contributed by atoms with Crippen molar-refractivity contribution >= 4 is 0 Å². The first-order chi connectivity index (χ1) is 10.5. The summed E-state index contributed by atoms with van der Waals surface area (Å²) in [5.74, 6) is 3.29. The maximum atomic E-state index is 10.1. The van der Waals surface area contributed by atoms with E-state index in [2.05, 4.69) is 39.0 Å². The summed E-state index contributed by atoms with van der Waals surface area (Å²) in [4.78, 5) is 0. The number of benzene rings is 1. The van der Waals surface area contributed by atoms with Crippen LogP contribution in [0.1, 0.15) is 57.1 Å². The van der Waals surface area contributed by atoms with E-state index in [-0.39, 0.29) is 5.41 Å². The Morgan fingerprint density at radius 2 is 2.09 bits per heavy atom. The second-order valence-corrected chi connectivity index (χ2v) is 7.86. The molecule has 122 valence electrons. The SMILES string of the molecule is COc1ccc2c(c1)CCC1C2CCC(C)(C(C)C)C1CO. The smallest absolute Gasteiger partial charge is 0.119 e. The lowest BCUT2D eigenvalue weighted by molar-refractivity contribution is -0.0364. The van der Waals surface area contributed by atoms with Crippen LogP contribution in [-0.4, -0.2) is 18.8 Å². The highest BCUT2D eigenvalue weighted by molar-refractivity contribution is 5.40. The number of aryl methyl sites for hydroxylation is 1. The van der Waals surface area contributed by atoms with Gasteiger partial charge in [-0.2, -0.15) is 0 Å². The Hall–Kier alpha value is -1.02. The van der Waals surface area contributed by atoms with Gasteiger partial charge in [-0.3, -0.25) is 0 Å². The van der Waals surface area contributed by atoms with Gasteiger partial charge in [0.05, 0.1) is 7.11 Å². The van der Waals surface area contributed by atoms with E-state index in [1.807, 2.05) is 0 Å². The molecular weight excluding hydrogens is 272 g/mol. The fourth-order valence-corrected chi connectivity index (χ4v) is 5.09. The van der Waals surface area contributed by atoms with Gasteiger partial charge in [0, 0.05) is 6.61 Å². The highest BCUT2D eigenvalue weighted by Crippen LogP contribution is 2.57. The summed E-state index contributed by atoms with van der Waals surface area (Å²) < 4.78 is 5.38. The van der Waals surface area contributed by atoms with Crippen molar-refractivity contribution in [2.75, 3.05) is 13.7 Å². The number of fused-ring (bicyclic) bond motifs is 3. The Kier molecular flexibility index (Phi) is 4.24. The summed E-state index contributed by atoms with van der Waals surface area (Å²) in [5, 5.41) is 10.1. The molecule has 2 aliphatic carbocycles. The highest BCUT2D eigenvalue weighted by Gasteiger charge is 2.49. The molecule has 2 heteroatoms. The topological polar surface area (TPSA) is 29.5 Å². The van der Waals surface area contributed by atoms with Gasteiger partial charge in [-0.1, -0.05) is 26.8 Å². The highest BCUT2D eigenvalue weighted by atomic mass is 16.5. The molecule has 1 aromatic carbocycles. The second-order valence-electron chi connectivity index (χ2n) is 7.86. The third-order valence-electron chi connectivity index (χ3n) is 6.89. The summed E-state index contributed by atoms with van der Waals surface area (Å²) in [6.45, 7) is 7.38. The Morgan fingerprint density at radius 1 is 1.32 bits per heavy atom. The molecule has 22 heavy (non-hydrogen) atoms. The third-order valence-corrected chi connectivity index (χ3v) is 6.89. The van der Waals surface area contributed by atoms with Crippen molar-refractivity contribution in [1.82, 2.24) is 0 Å². The van der Waals surface area contributed by atoms with Gasteiger partial charge in [0.15, 0.2) is 0 Å². The van der Waals surface area contributed by atoms with Crippen LogP contribution in [0.4, 0.5) is 0 Å². The summed E-state index contributed by atoms with van der Waals surface area (Å²) >= 11 is 0. The fourth-order valence-electron chi connectivity index (χ4n) is 5.09. The molecule has 0 radical (unpaired) electrons. The zero-order valence-electron chi connectivity index (χ0n) is 14.4. The first-order valence-electron chi connectivity index (χ1n) is 8.79. The van der Waals surface area contributed by atoms with Crippen LogP contribution in [0.3, 0.4) is 0 Å². The molecule has 0 spiro atoms. The van der Waals surface area contributed by atoms with Gasteiger partial charge in [-0.25, -0.2) is 0 Å². The van der Waals surface area contributed by atoms with Crippen molar-refractivity contribution in [1.29, 1.82) is 0 Å². The molecule has 4 atom stereocenters. The number of aliphatic hydroxyl groups excluding tert-OH is 1. The van der Waals surface area contributed by atoms with Crippen LogP contribution in [0.15, 0.2) is 18.2 Å². The van der Waals surface area contributed by atoms with Crippen LogP contribution in [-0.2, 0) is 6.42 Å². The number of hydrogen-bond donors (Lipinski definition) is 1. The van der Waals surface area contributed by atoms with Crippen LogP contribution in [0.25, 0.3) is 0 Å². The van der Waals surface area contributed by atoms with Gasteiger partial charge in [-0.15, -0.1) is 0 Å². The van der Waals surface area contributed by atoms with Crippen molar-refractivity contribution in [2.45, 2.75) is 52.4 Å². The molecule has 0 aliphatic heterocycles. The van der Waals surface area contributed by atoms with Crippen LogP contribution < -0.4 is 4.74 Å². The van der Waals surface area contributed by atoms with Crippen LogP contribution in [0.2, 0.25) is 0 Å². The second kappa shape index (κ2) is 5.88. The van der Waals surface area contributed by atoms with Gasteiger partial charge in [0.2, 0.25) is 0 Å². The zero-order chi connectivity index (χ0) is 15.9. The minimum atomic E-state index is 0.278. The summed E-state index contributed by atoms with van der Waals surface area (Å²) in [6, 6.07) is 6.60. The fraction of sp³-hybridized carbons (Fsp3) is 0.700. The molecule has 0 aromatic heterocycles. The Balaban J connectivity index is 1.94. The monoisotopic (exact) mass is 302 g/mol. The zero-order valence-corrected chi connectivity index (χ0v) is 14.4.